The van der Waals surface area contributed by atoms with Gasteiger partial charge in [-0.15, -0.1) is 0 Å². The largest absolute Gasteiger partial charge is 0.398 e. The van der Waals surface area contributed by atoms with Crippen molar-refractivity contribution >= 4 is 23.2 Å². The van der Waals surface area contributed by atoms with Crippen molar-refractivity contribution in [1.82, 2.24) is 0 Å². The van der Waals surface area contributed by atoms with Gasteiger partial charge in [0.05, 0.1) is 0 Å². The van der Waals surface area contributed by atoms with E-state index in [0.29, 0.717) is 11.3 Å². The average molecular weight is 192 g/mol. The highest BCUT2D eigenvalue weighted by atomic mass is 32.2. The number of thioether (sulfide) groups is 1. The minimum Gasteiger partial charge on any atom is -0.398 e. The van der Waals surface area contributed by atoms with Crippen molar-refractivity contribution in [2.75, 3.05) is 5.73 Å². The predicted octanol–water partition coefficient (Wildman–Crippen LogP) is 2.04. The van der Waals surface area contributed by atoms with E-state index in [1.54, 1.807) is 18.2 Å². The van der Waals surface area contributed by atoms with Crippen molar-refractivity contribution in [2.24, 2.45) is 0 Å². The summed E-state index contributed by atoms with van der Waals surface area (Å²) < 4.78 is 0. The van der Waals surface area contributed by atoms with Crippen LogP contribution in [0.3, 0.4) is 0 Å². The highest BCUT2D eigenvalue weighted by Gasteiger charge is 2.05. The summed E-state index contributed by atoms with van der Waals surface area (Å²) in [7, 11) is 0. The van der Waals surface area contributed by atoms with Crippen LogP contribution >= 0.6 is 11.8 Å². The Labute approximate surface area is 80.5 Å². The van der Waals surface area contributed by atoms with Crippen LogP contribution in [0.4, 0.5) is 5.69 Å². The van der Waals surface area contributed by atoms with E-state index in [1.807, 2.05) is 5.40 Å². The standard InChI is InChI=1S/C9H8N2OS/c1-6(12)8-4-7(13-5-10)2-3-9(8)11/h2-4H,11H2,1H3. The summed E-state index contributed by atoms with van der Waals surface area (Å²) in [6.07, 6.45) is 0. The van der Waals surface area contributed by atoms with E-state index in [-0.39, 0.29) is 5.78 Å². The third kappa shape index (κ3) is 2.23. The Morgan fingerprint density at radius 1 is 1.62 bits per heavy atom. The van der Waals surface area contributed by atoms with Crippen LogP contribution in [0.1, 0.15) is 17.3 Å². The average Bonchev–Trinajstić information content (AvgIpc) is 2.08. The van der Waals surface area contributed by atoms with E-state index in [1.165, 1.54) is 6.92 Å². The summed E-state index contributed by atoms with van der Waals surface area (Å²) >= 11 is 1.01. The number of nitrogen functional groups attached to an aromatic ring is 1. The smallest absolute Gasteiger partial charge is 0.161 e. The van der Waals surface area contributed by atoms with Crippen LogP contribution in [0.25, 0.3) is 0 Å². The number of nitriles is 1. The molecule has 0 bridgehead atoms. The fourth-order valence-electron chi connectivity index (χ4n) is 0.956. The molecule has 0 aliphatic heterocycles. The number of hydrogen-bond donors (Lipinski definition) is 1. The Balaban J connectivity index is 3.13. The van der Waals surface area contributed by atoms with Crippen molar-refractivity contribution in [3.05, 3.63) is 23.8 Å². The lowest BCUT2D eigenvalue weighted by atomic mass is 10.1. The summed E-state index contributed by atoms with van der Waals surface area (Å²) in [6, 6.07) is 4.98. The highest BCUT2D eigenvalue weighted by molar-refractivity contribution is 8.03. The summed E-state index contributed by atoms with van der Waals surface area (Å²) in [5.74, 6) is -0.0853. The first-order chi connectivity index (χ1) is 6.15. The molecule has 1 rings (SSSR count). The van der Waals surface area contributed by atoms with Crippen molar-refractivity contribution < 1.29 is 4.79 Å². The fourth-order valence-corrected chi connectivity index (χ4v) is 1.37. The van der Waals surface area contributed by atoms with Gasteiger partial charge in [-0.2, -0.15) is 5.26 Å². The van der Waals surface area contributed by atoms with E-state index in [2.05, 4.69) is 0 Å². The van der Waals surface area contributed by atoms with E-state index in [9.17, 15) is 4.79 Å². The molecule has 0 saturated carbocycles. The SMILES string of the molecule is CC(=O)c1cc(SC#N)ccc1N. The van der Waals surface area contributed by atoms with Gasteiger partial charge in [0.15, 0.2) is 5.78 Å². The molecule has 0 atom stereocenters. The first kappa shape index (κ1) is 9.62. The number of thiocyanates is 1. The second kappa shape index (κ2) is 3.97. The van der Waals surface area contributed by atoms with Gasteiger partial charge in [0, 0.05) is 16.1 Å². The molecule has 0 aliphatic carbocycles. The number of hydrogen-bond acceptors (Lipinski definition) is 4. The Morgan fingerprint density at radius 3 is 2.85 bits per heavy atom. The number of anilines is 1. The molecule has 1 aromatic rings. The van der Waals surface area contributed by atoms with Crippen LogP contribution in [0.5, 0.6) is 0 Å². The Kier molecular flexibility index (Phi) is 2.93. The van der Waals surface area contributed by atoms with Gasteiger partial charge in [-0.3, -0.25) is 4.79 Å². The van der Waals surface area contributed by atoms with Crippen LogP contribution in [-0.4, -0.2) is 5.78 Å². The zero-order valence-corrected chi connectivity index (χ0v) is 7.89. The van der Waals surface area contributed by atoms with Gasteiger partial charge in [0.1, 0.15) is 5.40 Å². The molecular weight excluding hydrogens is 184 g/mol. The summed E-state index contributed by atoms with van der Waals surface area (Å²) in [4.78, 5) is 11.8. The summed E-state index contributed by atoms with van der Waals surface area (Å²) in [6.45, 7) is 1.45. The molecule has 1 aromatic carbocycles. The van der Waals surface area contributed by atoms with Crippen LogP contribution in [0.2, 0.25) is 0 Å². The molecule has 13 heavy (non-hydrogen) atoms. The normalized spacial score (nSPS) is 9.23. The van der Waals surface area contributed by atoms with Gasteiger partial charge in [-0.25, -0.2) is 0 Å². The molecular formula is C9H8N2OS. The Morgan fingerprint density at radius 2 is 2.31 bits per heavy atom. The molecule has 0 unspecified atom stereocenters. The number of rotatable bonds is 2. The molecule has 0 spiro atoms. The first-order valence-corrected chi connectivity index (χ1v) is 4.43. The van der Waals surface area contributed by atoms with Crippen molar-refractivity contribution in [3.63, 3.8) is 0 Å². The second-order valence-electron chi connectivity index (χ2n) is 2.50. The van der Waals surface area contributed by atoms with E-state index in [0.717, 1.165) is 16.7 Å². The third-order valence-corrected chi connectivity index (χ3v) is 2.15. The number of Topliss-reactive ketones (excluding diaryl/α,β-unsaturated/α-hetero) is 1. The maximum absolute atomic E-state index is 11.1. The minimum absolute atomic E-state index is 0.0853. The maximum Gasteiger partial charge on any atom is 0.161 e. The van der Waals surface area contributed by atoms with Gasteiger partial charge in [0.2, 0.25) is 0 Å². The first-order valence-electron chi connectivity index (χ1n) is 3.61. The van der Waals surface area contributed by atoms with Gasteiger partial charge >= 0.3 is 0 Å². The van der Waals surface area contributed by atoms with Crippen molar-refractivity contribution in [3.8, 4) is 5.40 Å². The number of nitrogens with two attached hydrogens (primary N) is 1. The van der Waals surface area contributed by atoms with Gasteiger partial charge in [-0.1, -0.05) is 0 Å². The number of benzene rings is 1. The lowest BCUT2D eigenvalue weighted by molar-refractivity contribution is 0.101. The quantitative estimate of drug-likeness (QED) is 0.337. The van der Waals surface area contributed by atoms with Crippen molar-refractivity contribution in [2.45, 2.75) is 11.8 Å². The van der Waals surface area contributed by atoms with Gasteiger partial charge in [-0.05, 0) is 36.9 Å². The Bertz CT molecular complexity index is 382. The summed E-state index contributed by atoms with van der Waals surface area (Å²) in [5.41, 5.74) is 6.50. The molecule has 0 saturated heterocycles. The molecule has 3 nitrogen and oxygen atoms in total. The maximum atomic E-state index is 11.1. The fraction of sp³-hybridized carbons (Fsp3) is 0.111. The molecule has 0 amide bonds. The minimum atomic E-state index is -0.0853. The van der Waals surface area contributed by atoms with Crippen LogP contribution < -0.4 is 5.73 Å². The van der Waals surface area contributed by atoms with Gasteiger partial charge in [0.25, 0.3) is 0 Å². The van der Waals surface area contributed by atoms with Crippen molar-refractivity contribution in [1.29, 1.82) is 5.26 Å². The van der Waals surface area contributed by atoms with E-state index in [4.69, 9.17) is 11.0 Å². The molecule has 0 fully saturated rings. The number of carbonyl (C=O) groups excluding carboxylic acids is 1. The molecule has 0 radical (unpaired) electrons. The van der Waals surface area contributed by atoms with Crippen LogP contribution in [-0.2, 0) is 0 Å². The molecule has 0 aromatic heterocycles. The van der Waals surface area contributed by atoms with Crippen LogP contribution in [0, 0.1) is 10.7 Å². The number of carbonyl (C=O) groups is 1. The summed E-state index contributed by atoms with van der Waals surface area (Å²) in [5, 5.41) is 10.3. The topological polar surface area (TPSA) is 66.9 Å². The zero-order chi connectivity index (χ0) is 9.84. The zero-order valence-electron chi connectivity index (χ0n) is 7.07. The lowest BCUT2D eigenvalue weighted by Gasteiger charge is -2.02. The van der Waals surface area contributed by atoms with E-state index < -0.39 is 0 Å². The number of ketones is 1. The molecule has 0 aliphatic rings. The molecule has 0 heterocycles. The molecule has 2 N–H and O–H groups in total. The lowest BCUT2D eigenvalue weighted by Crippen LogP contribution is -1.99. The van der Waals surface area contributed by atoms with E-state index >= 15 is 0 Å². The second-order valence-corrected chi connectivity index (χ2v) is 3.36. The molecule has 66 valence electrons. The van der Waals surface area contributed by atoms with Crippen LogP contribution in [0.15, 0.2) is 23.1 Å². The highest BCUT2D eigenvalue weighted by Crippen LogP contribution is 2.22. The third-order valence-electron chi connectivity index (χ3n) is 1.57. The number of nitrogens with zero attached hydrogens (tertiary/aromatic N) is 1. The predicted molar refractivity (Wildman–Crippen MR) is 52.3 cm³/mol. The monoisotopic (exact) mass is 192 g/mol. The Hall–Kier alpha value is -1.47. The van der Waals surface area contributed by atoms with Gasteiger partial charge < -0.3 is 5.73 Å². The molecule has 4 heteroatoms.